The number of likely N-dealkylation sites (tertiary alicyclic amines) is 1. The van der Waals surface area contributed by atoms with Crippen molar-refractivity contribution in [3.05, 3.63) is 23.7 Å². The van der Waals surface area contributed by atoms with E-state index in [2.05, 4.69) is 17.1 Å². The van der Waals surface area contributed by atoms with Crippen LogP contribution in [-0.2, 0) is 13.2 Å². The van der Waals surface area contributed by atoms with E-state index in [-0.39, 0.29) is 6.61 Å². The SMILES string of the molecule is CC1CCN(CCNCc2ccc(CO)o2)CC1. The van der Waals surface area contributed by atoms with Crippen molar-refractivity contribution in [1.82, 2.24) is 10.2 Å². The third-order valence-electron chi connectivity index (χ3n) is 3.65. The van der Waals surface area contributed by atoms with E-state index >= 15 is 0 Å². The maximum absolute atomic E-state index is 8.89. The average Bonchev–Trinajstić information content (AvgIpc) is 2.85. The number of rotatable bonds is 6. The molecule has 0 unspecified atom stereocenters. The van der Waals surface area contributed by atoms with Gasteiger partial charge < -0.3 is 19.7 Å². The lowest BCUT2D eigenvalue weighted by atomic mass is 9.99. The maximum Gasteiger partial charge on any atom is 0.129 e. The smallest absolute Gasteiger partial charge is 0.129 e. The Morgan fingerprint density at radius 3 is 2.72 bits per heavy atom. The van der Waals surface area contributed by atoms with E-state index in [0.29, 0.717) is 5.76 Å². The van der Waals surface area contributed by atoms with E-state index in [4.69, 9.17) is 9.52 Å². The molecule has 1 aliphatic rings. The van der Waals surface area contributed by atoms with Crippen molar-refractivity contribution in [1.29, 1.82) is 0 Å². The first-order valence-electron chi connectivity index (χ1n) is 6.89. The van der Waals surface area contributed by atoms with Gasteiger partial charge in [0.2, 0.25) is 0 Å². The van der Waals surface area contributed by atoms with Crippen molar-refractivity contribution in [2.45, 2.75) is 32.9 Å². The van der Waals surface area contributed by atoms with Gasteiger partial charge in [0, 0.05) is 13.1 Å². The van der Waals surface area contributed by atoms with Gasteiger partial charge in [-0.25, -0.2) is 0 Å². The van der Waals surface area contributed by atoms with Crippen LogP contribution in [-0.4, -0.2) is 36.2 Å². The van der Waals surface area contributed by atoms with Gasteiger partial charge in [0.05, 0.1) is 6.54 Å². The Morgan fingerprint density at radius 2 is 2.06 bits per heavy atom. The number of aliphatic hydroxyl groups excluding tert-OH is 1. The van der Waals surface area contributed by atoms with E-state index in [1.165, 1.54) is 25.9 Å². The first-order valence-corrected chi connectivity index (χ1v) is 6.89. The molecule has 18 heavy (non-hydrogen) atoms. The van der Waals surface area contributed by atoms with Crippen LogP contribution in [0, 0.1) is 5.92 Å². The second kappa shape index (κ2) is 6.92. The number of hydrogen-bond acceptors (Lipinski definition) is 4. The molecule has 4 heteroatoms. The quantitative estimate of drug-likeness (QED) is 0.755. The number of aliphatic hydroxyl groups is 1. The van der Waals surface area contributed by atoms with E-state index in [1.54, 1.807) is 0 Å². The Labute approximate surface area is 109 Å². The molecule has 1 aromatic rings. The number of furan rings is 1. The summed E-state index contributed by atoms with van der Waals surface area (Å²) in [5, 5.41) is 12.3. The van der Waals surface area contributed by atoms with Gasteiger partial charge in [-0.15, -0.1) is 0 Å². The normalized spacial score (nSPS) is 18.3. The summed E-state index contributed by atoms with van der Waals surface area (Å²) in [6.07, 6.45) is 2.66. The van der Waals surface area contributed by atoms with Gasteiger partial charge >= 0.3 is 0 Å². The first kappa shape index (κ1) is 13.6. The molecule has 0 aromatic carbocycles. The molecule has 0 bridgehead atoms. The molecule has 0 aliphatic carbocycles. The van der Waals surface area contributed by atoms with Crippen LogP contribution < -0.4 is 5.32 Å². The fourth-order valence-electron chi connectivity index (χ4n) is 2.34. The summed E-state index contributed by atoms with van der Waals surface area (Å²) in [4.78, 5) is 2.52. The number of nitrogens with zero attached hydrogens (tertiary/aromatic N) is 1. The van der Waals surface area contributed by atoms with Crippen molar-refractivity contribution in [3.63, 3.8) is 0 Å². The topological polar surface area (TPSA) is 48.6 Å². The molecule has 2 N–H and O–H groups in total. The lowest BCUT2D eigenvalue weighted by Crippen LogP contribution is -2.37. The molecular weight excluding hydrogens is 228 g/mol. The molecule has 1 saturated heterocycles. The molecule has 2 rings (SSSR count). The van der Waals surface area contributed by atoms with Gasteiger partial charge in [0.25, 0.3) is 0 Å². The molecule has 4 nitrogen and oxygen atoms in total. The van der Waals surface area contributed by atoms with Crippen molar-refractivity contribution in [2.24, 2.45) is 5.92 Å². The zero-order chi connectivity index (χ0) is 12.8. The number of hydrogen-bond donors (Lipinski definition) is 2. The molecule has 0 spiro atoms. The second-order valence-corrected chi connectivity index (χ2v) is 5.23. The largest absolute Gasteiger partial charge is 0.462 e. The zero-order valence-electron chi connectivity index (χ0n) is 11.2. The van der Waals surface area contributed by atoms with Crippen LogP contribution in [0.15, 0.2) is 16.5 Å². The highest BCUT2D eigenvalue weighted by Crippen LogP contribution is 2.15. The molecule has 0 saturated carbocycles. The minimum Gasteiger partial charge on any atom is -0.462 e. The fraction of sp³-hybridized carbons (Fsp3) is 0.714. The molecule has 1 aromatic heterocycles. The summed E-state index contributed by atoms with van der Waals surface area (Å²) >= 11 is 0. The third-order valence-corrected chi connectivity index (χ3v) is 3.65. The van der Waals surface area contributed by atoms with Crippen LogP contribution in [0.25, 0.3) is 0 Å². The van der Waals surface area contributed by atoms with E-state index in [9.17, 15) is 0 Å². The van der Waals surface area contributed by atoms with Gasteiger partial charge in [0.1, 0.15) is 18.1 Å². The Bertz CT molecular complexity index is 343. The second-order valence-electron chi connectivity index (χ2n) is 5.23. The van der Waals surface area contributed by atoms with Crippen LogP contribution in [0.5, 0.6) is 0 Å². The molecule has 0 atom stereocenters. The Balaban J connectivity index is 1.58. The minimum absolute atomic E-state index is 0.0219. The number of piperidine rings is 1. The molecule has 1 aliphatic heterocycles. The fourth-order valence-corrected chi connectivity index (χ4v) is 2.34. The third kappa shape index (κ3) is 4.12. The lowest BCUT2D eigenvalue weighted by molar-refractivity contribution is 0.192. The monoisotopic (exact) mass is 252 g/mol. The highest BCUT2D eigenvalue weighted by molar-refractivity contribution is 5.05. The van der Waals surface area contributed by atoms with Crippen LogP contribution in [0.3, 0.4) is 0 Å². The highest BCUT2D eigenvalue weighted by atomic mass is 16.4. The number of nitrogens with one attached hydrogen (secondary N) is 1. The van der Waals surface area contributed by atoms with Crippen molar-refractivity contribution < 1.29 is 9.52 Å². The van der Waals surface area contributed by atoms with Crippen LogP contribution >= 0.6 is 0 Å². The summed E-state index contributed by atoms with van der Waals surface area (Å²) < 4.78 is 5.41. The zero-order valence-corrected chi connectivity index (χ0v) is 11.2. The van der Waals surface area contributed by atoms with E-state index in [0.717, 1.165) is 31.3 Å². The predicted molar refractivity (Wildman–Crippen MR) is 71.2 cm³/mol. The molecule has 1 fully saturated rings. The standard InChI is InChI=1S/C14H24N2O2/c1-12-4-7-16(8-5-12)9-6-15-10-13-2-3-14(11-17)18-13/h2-3,12,15,17H,4-11H2,1H3. The highest BCUT2D eigenvalue weighted by Gasteiger charge is 2.14. The van der Waals surface area contributed by atoms with E-state index < -0.39 is 0 Å². The molecule has 102 valence electrons. The van der Waals surface area contributed by atoms with Crippen molar-refractivity contribution in [2.75, 3.05) is 26.2 Å². The summed E-state index contributed by atoms with van der Waals surface area (Å²) in [6, 6.07) is 3.74. The molecular formula is C14H24N2O2. The minimum atomic E-state index is -0.0219. The summed E-state index contributed by atoms with van der Waals surface area (Å²) in [7, 11) is 0. The summed E-state index contributed by atoms with van der Waals surface area (Å²) in [5.74, 6) is 2.43. The average molecular weight is 252 g/mol. The van der Waals surface area contributed by atoms with Crippen molar-refractivity contribution >= 4 is 0 Å². The molecule has 0 radical (unpaired) electrons. The van der Waals surface area contributed by atoms with Crippen molar-refractivity contribution in [3.8, 4) is 0 Å². The lowest BCUT2D eigenvalue weighted by Gasteiger charge is -2.30. The Morgan fingerprint density at radius 1 is 1.33 bits per heavy atom. The van der Waals surface area contributed by atoms with E-state index in [1.807, 2.05) is 12.1 Å². The van der Waals surface area contributed by atoms with Gasteiger partial charge in [-0.3, -0.25) is 0 Å². The summed E-state index contributed by atoms with van der Waals surface area (Å²) in [5.41, 5.74) is 0. The Kier molecular flexibility index (Phi) is 5.23. The first-order chi connectivity index (χ1) is 8.78. The molecule has 0 amide bonds. The van der Waals surface area contributed by atoms with Crippen LogP contribution in [0.4, 0.5) is 0 Å². The molecule has 2 heterocycles. The Hall–Kier alpha value is -0.840. The van der Waals surface area contributed by atoms with Gasteiger partial charge in [-0.2, -0.15) is 0 Å². The van der Waals surface area contributed by atoms with Gasteiger partial charge in [-0.1, -0.05) is 6.92 Å². The van der Waals surface area contributed by atoms with Gasteiger partial charge in [0.15, 0.2) is 0 Å². The predicted octanol–water partition coefficient (Wildman–Crippen LogP) is 1.59. The van der Waals surface area contributed by atoms with Gasteiger partial charge in [-0.05, 0) is 44.0 Å². The van der Waals surface area contributed by atoms with Crippen LogP contribution in [0.2, 0.25) is 0 Å². The maximum atomic E-state index is 8.89. The van der Waals surface area contributed by atoms with Crippen LogP contribution in [0.1, 0.15) is 31.3 Å². The summed E-state index contributed by atoms with van der Waals surface area (Å²) in [6.45, 7) is 7.63.